The SMILES string of the molecule is COc1cc(OC)cc(C(=O)N[C@H](C(=O)OCC(=O)N2CCCCC2C)C(C)C)c1. The van der Waals surface area contributed by atoms with Crippen molar-refractivity contribution < 1.29 is 28.6 Å². The third-order valence-electron chi connectivity index (χ3n) is 5.28. The highest BCUT2D eigenvalue weighted by molar-refractivity contribution is 5.97. The van der Waals surface area contributed by atoms with Crippen molar-refractivity contribution in [2.75, 3.05) is 27.4 Å². The summed E-state index contributed by atoms with van der Waals surface area (Å²) in [6, 6.07) is 4.02. The van der Waals surface area contributed by atoms with Gasteiger partial charge in [-0.2, -0.15) is 0 Å². The van der Waals surface area contributed by atoms with E-state index in [1.165, 1.54) is 14.2 Å². The van der Waals surface area contributed by atoms with Crippen molar-refractivity contribution in [1.29, 1.82) is 0 Å². The number of esters is 1. The fourth-order valence-corrected chi connectivity index (χ4v) is 3.44. The molecule has 166 valence electrons. The Hall–Kier alpha value is -2.77. The van der Waals surface area contributed by atoms with Crippen LogP contribution in [-0.4, -0.2) is 62.1 Å². The van der Waals surface area contributed by atoms with Gasteiger partial charge in [-0.25, -0.2) is 4.79 Å². The van der Waals surface area contributed by atoms with Gasteiger partial charge in [-0.1, -0.05) is 13.8 Å². The Morgan fingerprint density at radius 1 is 1.10 bits per heavy atom. The van der Waals surface area contributed by atoms with Crippen LogP contribution in [0.25, 0.3) is 0 Å². The zero-order chi connectivity index (χ0) is 22.3. The Kier molecular flexibility index (Phi) is 8.50. The summed E-state index contributed by atoms with van der Waals surface area (Å²) in [7, 11) is 2.98. The Morgan fingerprint density at radius 2 is 1.73 bits per heavy atom. The zero-order valence-electron chi connectivity index (χ0n) is 18.4. The van der Waals surface area contributed by atoms with E-state index in [0.29, 0.717) is 23.6 Å². The Labute approximate surface area is 177 Å². The van der Waals surface area contributed by atoms with Gasteiger partial charge in [0, 0.05) is 24.2 Å². The molecular formula is C22H32N2O6. The summed E-state index contributed by atoms with van der Waals surface area (Å²) in [6.45, 7) is 5.95. The fraction of sp³-hybridized carbons (Fsp3) is 0.591. The molecule has 8 heteroatoms. The van der Waals surface area contributed by atoms with Crippen LogP contribution in [0.4, 0.5) is 0 Å². The van der Waals surface area contributed by atoms with Gasteiger partial charge in [-0.15, -0.1) is 0 Å². The third-order valence-corrected chi connectivity index (χ3v) is 5.28. The van der Waals surface area contributed by atoms with Crippen LogP contribution in [0, 0.1) is 5.92 Å². The van der Waals surface area contributed by atoms with E-state index >= 15 is 0 Å². The summed E-state index contributed by atoms with van der Waals surface area (Å²) in [5.74, 6) is -0.598. The average molecular weight is 421 g/mol. The first-order valence-corrected chi connectivity index (χ1v) is 10.3. The molecule has 2 atom stereocenters. The minimum atomic E-state index is -0.888. The van der Waals surface area contributed by atoms with Crippen LogP contribution < -0.4 is 14.8 Å². The average Bonchev–Trinajstić information content (AvgIpc) is 2.74. The van der Waals surface area contributed by atoms with E-state index in [1.807, 2.05) is 6.92 Å². The Balaban J connectivity index is 2.02. The zero-order valence-corrected chi connectivity index (χ0v) is 18.4. The van der Waals surface area contributed by atoms with Crippen LogP contribution in [0.2, 0.25) is 0 Å². The lowest BCUT2D eigenvalue weighted by Crippen LogP contribution is -2.47. The van der Waals surface area contributed by atoms with E-state index in [9.17, 15) is 14.4 Å². The molecule has 30 heavy (non-hydrogen) atoms. The number of rotatable bonds is 8. The summed E-state index contributed by atoms with van der Waals surface area (Å²) in [5.41, 5.74) is 0.294. The second kappa shape index (κ2) is 10.8. The van der Waals surface area contributed by atoms with Gasteiger partial charge in [0.15, 0.2) is 6.61 Å². The van der Waals surface area contributed by atoms with Crippen LogP contribution in [0.3, 0.4) is 0 Å². The van der Waals surface area contributed by atoms with Crippen LogP contribution in [0.5, 0.6) is 11.5 Å². The van der Waals surface area contributed by atoms with Gasteiger partial charge in [-0.3, -0.25) is 9.59 Å². The number of carbonyl (C=O) groups excluding carboxylic acids is 3. The number of benzene rings is 1. The molecule has 1 aliphatic heterocycles. The second-order valence-electron chi connectivity index (χ2n) is 7.84. The normalized spacial score (nSPS) is 17.3. The highest BCUT2D eigenvalue weighted by Crippen LogP contribution is 2.23. The molecule has 1 aliphatic rings. The first-order chi connectivity index (χ1) is 14.3. The number of carbonyl (C=O) groups is 3. The van der Waals surface area contributed by atoms with Crippen molar-refractivity contribution in [3.8, 4) is 11.5 Å². The number of hydrogen-bond acceptors (Lipinski definition) is 6. The summed E-state index contributed by atoms with van der Waals surface area (Å²) >= 11 is 0. The van der Waals surface area contributed by atoms with Crippen molar-refractivity contribution in [2.24, 2.45) is 5.92 Å². The molecule has 1 heterocycles. The molecule has 1 unspecified atom stereocenters. The van der Waals surface area contributed by atoms with Crippen molar-refractivity contribution in [3.05, 3.63) is 23.8 Å². The monoisotopic (exact) mass is 420 g/mol. The quantitative estimate of drug-likeness (QED) is 0.649. The molecule has 0 aromatic heterocycles. The lowest BCUT2D eigenvalue weighted by molar-refractivity contribution is -0.155. The predicted octanol–water partition coefficient (Wildman–Crippen LogP) is 2.40. The number of nitrogens with one attached hydrogen (secondary N) is 1. The molecule has 0 aliphatic carbocycles. The standard InChI is InChI=1S/C22H32N2O6/c1-14(2)20(22(27)30-13-19(25)24-9-7-6-8-15(24)3)23-21(26)16-10-17(28-4)12-18(11-16)29-5/h10-12,14-15,20H,6-9,13H2,1-5H3,(H,23,26)/t15?,20-/m0/s1. The molecule has 2 rings (SSSR count). The van der Waals surface area contributed by atoms with E-state index in [0.717, 1.165) is 19.3 Å². The molecule has 1 saturated heterocycles. The van der Waals surface area contributed by atoms with Gasteiger partial charge < -0.3 is 24.4 Å². The van der Waals surface area contributed by atoms with Crippen molar-refractivity contribution >= 4 is 17.8 Å². The van der Waals surface area contributed by atoms with E-state index in [1.54, 1.807) is 36.9 Å². The first kappa shape index (κ1) is 23.5. The summed E-state index contributed by atoms with van der Waals surface area (Å²) in [5, 5.41) is 2.70. The summed E-state index contributed by atoms with van der Waals surface area (Å²) < 4.78 is 15.6. The molecule has 0 bridgehead atoms. The molecule has 8 nitrogen and oxygen atoms in total. The molecule has 0 saturated carbocycles. The minimum absolute atomic E-state index is 0.147. The highest BCUT2D eigenvalue weighted by atomic mass is 16.5. The Bertz CT molecular complexity index is 742. The van der Waals surface area contributed by atoms with E-state index < -0.39 is 17.9 Å². The number of piperidine rings is 1. The maximum absolute atomic E-state index is 12.7. The van der Waals surface area contributed by atoms with Gasteiger partial charge in [-0.05, 0) is 44.2 Å². The van der Waals surface area contributed by atoms with Crippen molar-refractivity contribution in [3.63, 3.8) is 0 Å². The van der Waals surface area contributed by atoms with Crippen LogP contribution in [-0.2, 0) is 14.3 Å². The maximum Gasteiger partial charge on any atom is 0.329 e. The molecule has 1 fully saturated rings. The van der Waals surface area contributed by atoms with Gasteiger partial charge in [0.2, 0.25) is 0 Å². The lowest BCUT2D eigenvalue weighted by atomic mass is 10.0. The van der Waals surface area contributed by atoms with Crippen LogP contribution in [0.15, 0.2) is 18.2 Å². The van der Waals surface area contributed by atoms with Gasteiger partial charge in [0.05, 0.1) is 14.2 Å². The lowest BCUT2D eigenvalue weighted by Gasteiger charge is -2.33. The Morgan fingerprint density at radius 3 is 2.27 bits per heavy atom. The third kappa shape index (κ3) is 6.11. The van der Waals surface area contributed by atoms with E-state index in [2.05, 4.69) is 5.32 Å². The molecule has 1 aromatic rings. The van der Waals surface area contributed by atoms with Crippen LogP contribution >= 0.6 is 0 Å². The van der Waals surface area contributed by atoms with Crippen molar-refractivity contribution in [2.45, 2.75) is 52.1 Å². The molecule has 0 radical (unpaired) electrons. The minimum Gasteiger partial charge on any atom is -0.497 e. The molecule has 1 N–H and O–H groups in total. The molecule has 0 spiro atoms. The number of methoxy groups -OCH3 is 2. The fourth-order valence-electron chi connectivity index (χ4n) is 3.44. The number of amides is 2. The van der Waals surface area contributed by atoms with E-state index in [4.69, 9.17) is 14.2 Å². The number of hydrogen-bond donors (Lipinski definition) is 1. The smallest absolute Gasteiger partial charge is 0.329 e. The van der Waals surface area contributed by atoms with E-state index in [-0.39, 0.29) is 24.5 Å². The molecule has 1 aromatic carbocycles. The first-order valence-electron chi connectivity index (χ1n) is 10.3. The highest BCUT2D eigenvalue weighted by Gasteiger charge is 2.29. The predicted molar refractivity (Wildman–Crippen MR) is 112 cm³/mol. The number of likely N-dealkylation sites (tertiary alicyclic amines) is 1. The largest absolute Gasteiger partial charge is 0.497 e. The van der Waals surface area contributed by atoms with Gasteiger partial charge in [0.1, 0.15) is 17.5 Å². The maximum atomic E-state index is 12.7. The van der Waals surface area contributed by atoms with Gasteiger partial charge >= 0.3 is 5.97 Å². The second-order valence-corrected chi connectivity index (χ2v) is 7.84. The number of ether oxygens (including phenoxy) is 3. The van der Waals surface area contributed by atoms with Crippen LogP contribution in [0.1, 0.15) is 50.4 Å². The molecular weight excluding hydrogens is 388 g/mol. The number of nitrogens with zero attached hydrogens (tertiary/aromatic N) is 1. The van der Waals surface area contributed by atoms with Crippen molar-refractivity contribution in [1.82, 2.24) is 10.2 Å². The summed E-state index contributed by atoms with van der Waals surface area (Å²) in [6.07, 6.45) is 3.01. The van der Waals surface area contributed by atoms with Gasteiger partial charge in [0.25, 0.3) is 11.8 Å². The molecule has 2 amide bonds. The summed E-state index contributed by atoms with van der Waals surface area (Å²) in [4.78, 5) is 39.5. The topological polar surface area (TPSA) is 94.2 Å².